The maximum absolute atomic E-state index is 12.1. The molecule has 0 radical (unpaired) electrons. The molecule has 2 rings (SSSR count). The van der Waals surface area contributed by atoms with Crippen LogP contribution in [0.25, 0.3) is 5.70 Å². The molecule has 1 fully saturated rings. The number of nitrogens with zero attached hydrogens (tertiary/aromatic N) is 3. The van der Waals surface area contributed by atoms with E-state index >= 15 is 0 Å². The average molecular weight is 357 g/mol. The fraction of sp³-hybridized carbons (Fsp3) is 0.550. The van der Waals surface area contributed by atoms with E-state index in [1.807, 2.05) is 17.9 Å². The van der Waals surface area contributed by atoms with Crippen molar-refractivity contribution in [2.75, 3.05) is 20.2 Å². The Bertz CT molecular complexity index is 754. The summed E-state index contributed by atoms with van der Waals surface area (Å²) in [6.45, 7) is 8.34. The number of carbonyl (C=O) groups excluding carboxylic acids is 1. The zero-order valence-corrected chi connectivity index (χ0v) is 16.2. The number of nitriles is 1. The van der Waals surface area contributed by atoms with Crippen molar-refractivity contribution in [3.63, 3.8) is 0 Å². The molecule has 0 aromatic carbocycles. The lowest BCUT2D eigenvalue weighted by atomic mass is 9.91. The van der Waals surface area contributed by atoms with Crippen molar-refractivity contribution in [2.24, 2.45) is 0 Å². The minimum absolute atomic E-state index is 0.101. The number of ether oxygens (including phenoxy) is 1. The number of aliphatic hydroxyl groups excluding tert-OH is 1. The van der Waals surface area contributed by atoms with Crippen molar-refractivity contribution >= 4 is 11.5 Å². The van der Waals surface area contributed by atoms with Gasteiger partial charge in [0.15, 0.2) is 5.78 Å². The topological polar surface area (TPSA) is 86.5 Å². The van der Waals surface area contributed by atoms with Crippen LogP contribution in [0, 0.1) is 18.3 Å². The van der Waals surface area contributed by atoms with Crippen LogP contribution >= 0.6 is 0 Å². The monoisotopic (exact) mass is 357 g/mol. The Balaban J connectivity index is 2.57. The van der Waals surface area contributed by atoms with Gasteiger partial charge in [-0.2, -0.15) is 5.26 Å². The van der Waals surface area contributed by atoms with Gasteiger partial charge in [-0.25, -0.2) is 4.98 Å². The molecule has 1 saturated heterocycles. The lowest BCUT2D eigenvalue weighted by molar-refractivity contribution is -0.113. The molecule has 1 N–H and O–H groups in total. The fourth-order valence-corrected chi connectivity index (χ4v) is 3.15. The predicted molar refractivity (Wildman–Crippen MR) is 99.0 cm³/mol. The van der Waals surface area contributed by atoms with Crippen LogP contribution in [0.5, 0.6) is 0 Å². The number of rotatable bonds is 5. The lowest BCUT2D eigenvalue weighted by Crippen LogP contribution is -2.43. The number of aliphatic hydroxyl groups is 1. The summed E-state index contributed by atoms with van der Waals surface area (Å²) in [6.07, 6.45) is 0.855. The van der Waals surface area contributed by atoms with E-state index in [1.54, 1.807) is 20.1 Å². The zero-order valence-electron chi connectivity index (χ0n) is 16.2. The third kappa shape index (κ3) is 4.12. The SMILES string of the molecule is COC1(C)CCN(/C(=C(\C#N)C(C)=O)c2nc(C(C)O)ccc2C)CC1. The first kappa shape index (κ1) is 20.1. The van der Waals surface area contributed by atoms with Gasteiger partial charge in [-0.15, -0.1) is 0 Å². The first-order valence-electron chi connectivity index (χ1n) is 8.84. The molecule has 6 nitrogen and oxygen atoms in total. The van der Waals surface area contributed by atoms with Crippen LogP contribution in [-0.2, 0) is 9.53 Å². The summed E-state index contributed by atoms with van der Waals surface area (Å²) in [5.74, 6) is -0.286. The largest absolute Gasteiger partial charge is 0.387 e. The second kappa shape index (κ2) is 7.98. The highest BCUT2D eigenvalue weighted by Crippen LogP contribution is 2.33. The van der Waals surface area contributed by atoms with Crippen molar-refractivity contribution in [3.8, 4) is 6.07 Å². The maximum atomic E-state index is 12.1. The van der Waals surface area contributed by atoms with E-state index in [0.717, 1.165) is 18.4 Å². The Morgan fingerprint density at radius 1 is 1.42 bits per heavy atom. The number of hydrogen-bond acceptors (Lipinski definition) is 6. The predicted octanol–water partition coefficient (Wildman–Crippen LogP) is 2.77. The Morgan fingerprint density at radius 2 is 2.04 bits per heavy atom. The second-order valence-electron chi connectivity index (χ2n) is 7.11. The maximum Gasteiger partial charge on any atom is 0.172 e. The number of pyridine rings is 1. The highest BCUT2D eigenvalue weighted by molar-refractivity contribution is 6.04. The molecular weight excluding hydrogens is 330 g/mol. The number of aromatic nitrogens is 1. The summed E-state index contributed by atoms with van der Waals surface area (Å²) in [6, 6.07) is 5.69. The molecule has 140 valence electrons. The summed E-state index contributed by atoms with van der Waals surface area (Å²) >= 11 is 0. The van der Waals surface area contributed by atoms with Crippen LogP contribution in [0.2, 0.25) is 0 Å². The molecule has 2 heterocycles. The van der Waals surface area contributed by atoms with E-state index in [4.69, 9.17) is 4.74 Å². The zero-order chi connectivity index (χ0) is 19.5. The van der Waals surface area contributed by atoms with Gasteiger partial charge in [0.05, 0.1) is 28.8 Å². The highest BCUT2D eigenvalue weighted by atomic mass is 16.5. The van der Waals surface area contributed by atoms with Gasteiger partial charge < -0.3 is 14.7 Å². The van der Waals surface area contributed by atoms with Crippen molar-refractivity contribution in [2.45, 2.75) is 52.2 Å². The van der Waals surface area contributed by atoms with Gasteiger partial charge in [-0.1, -0.05) is 6.07 Å². The van der Waals surface area contributed by atoms with Crippen LogP contribution in [0.3, 0.4) is 0 Å². The minimum atomic E-state index is -0.725. The Labute approximate surface area is 155 Å². The molecule has 0 bridgehead atoms. The van der Waals surface area contributed by atoms with Crippen LogP contribution in [0.4, 0.5) is 0 Å². The van der Waals surface area contributed by atoms with Gasteiger partial charge in [0.2, 0.25) is 0 Å². The molecule has 0 saturated carbocycles. The Kier molecular flexibility index (Phi) is 6.17. The summed E-state index contributed by atoms with van der Waals surface area (Å²) in [5.41, 5.74) is 2.41. The number of Topliss-reactive ketones (excluding diaryl/α,β-unsaturated/α-hetero) is 1. The molecule has 1 aromatic heterocycles. The van der Waals surface area contributed by atoms with Gasteiger partial charge in [0.25, 0.3) is 0 Å². The summed E-state index contributed by atoms with van der Waals surface area (Å²) in [4.78, 5) is 18.8. The number of allylic oxidation sites excluding steroid dienone is 1. The first-order valence-corrected chi connectivity index (χ1v) is 8.84. The van der Waals surface area contributed by atoms with Crippen molar-refractivity contribution in [1.29, 1.82) is 5.26 Å². The molecule has 1 aliphatic rings. The quantitative estimate of drug-likeness (QED) is 0.644. The van der Waals surface area contributed by atoms with Gasteiger partial charge in [0.1, 0.15) is 11.6 Å². The number of piperidine rings is 1. The average Bonchev–Trinajstić information content (AvgIpc) is 2.61. The summed E-state index contributed by atoms with van der Waals surface area (Å²) in [5, 5.41) is 19.5. The molecule has 1 unspecified atom stereocenters. The fourth-order valence-electron chi connectivity index (χ4n) is 3.15. The van der Waals surface area contributed by atoms with E-state index in [1.165, 1.54) is 6.92 Å². The third-order valence-corrected chi connectivity index (χ3v) is 5.10. The normalized spacial score (nSPS) is 18.7. The van der Waals surface area contributed by atoms with Crippen molar-refractivity contribution < 1.29 is 14.6 Å². The molecule has 6 heteroatoms. The van der Waals surface area contributed by atoms with Gasteiger partial charge in [-0.3, -0.25) is 4.79 Å². The highest BCUT2D eigenvalue weighted by Gasteiger charge is 2.33. The standard InChI is InChI=1S/C20H27N3O3/c1-13-6-7-17(15(3)25)22-18(13)19(16(12-21)14(2)24)23-10-8-20(4,26-5)9-11-23/h6-7,15,25H,8-11H2,1-5H3/b19-16+. The molecular formula is C20H27N3O3. The number of carbonyl (C=O) groups is 1. The van der Waals surface area contributed by atoms with Crippen molar-refractivity contribution in [1.82, 2.24) is 9.88 Å². The van der Waals surface area contributed by atoms with Crippen LogP contribution < -0.4 is 0 Å². The van der Waals surface area contributed by atoms with E-state index in [9.17, 15) is 15.2 Å². The molecule has 1 atom stereocenters. The van der Waals surface area contributed by atoms with Gasteiger partial charge in [0, 0.05) is 20.2 Å². The van der Waals surface area contributed by atoms with Gasteiger partial charge >= 0.3 is 0 Å². The third-order valence-electron chi connectivity index (χ3n) is 5.10. The molecule has 1 aromatic rings. The first-order chi connectivity index (χ1) is 12.2. The second-order valence-corrected chi connectivity index (χ2v) is 7.11. The van der Waals surface area contributed by atoms with Crippen molar-refractivity contribution in [3.05, 3.63) is 34.7 Å². The molecule has 0 spiro atoms. The smallest absolute Gasteiger partial charge is 0.172 e. The molecule has 0 amide bonds. The molecule has 0 aliphatic carbocycles. The van der Waals surface area contributed by atoms with Crippen LogP contribution in [-0.4, -0.2) is 46.6 Å². The van der Waals surface area contributed by atoms with E-state index in [2.05, 4.69) is 18.0 Å². The number of hydrogen-bond donors (Lipinski definition) is 1. The van der Waals surface area contributed by atoms with E-state index in [-0.39, 0.29) is 17.0 Å². The number of likely N-dealkylation sites (tertiary alicyclic amines) is 1. The molecule has 1 aliphatic heterocycles. The number of methoxy groups -OCH3 is 1. The number of aryl methyl sites for hydroxylation is 1. The van der Waals surface area contributed by atoms with Crippen LogP contribution in [0.15, 0.2) is 17.7 Å². The van der Waals surface area contributed by atoms with Crippen LogP contribution in [0.1, 0.15) is 56.7 Å². The lowest BCUT2D eigenvalue weighted by Gasteiger charge is -2.40. The van der Waals surface area contributed by atoms with Gasteiger partial charge in [-0.05, 0) is 52.2 Å². The Hall–Kier alpha value is -2.23. The minimum Gasteiger partial charge on any atom is -0.387 e. The summed E-state index contributed by atoms with van der Waals surface area (Å²) < 4.78 is 5.60. The van der Waals surface area contributed by atoms with E-state index in [0.29, 0.717) is 30.2 Å². The molecule has 26 heavy (non-hydrogen) atoms. The number of ketones is 1. The Morgan fingerprint density at radius 3 is 2.50 bits per heavy atom. The van der Waals surface area contributed by atoms with E-state index < -0.39 is 6.10 Å². The summed E-state index contributed by atoms with van der Waals surface area (Å²) in [7, 11) is 1.71.